The maximum atomic E-state index is 13.5. The van der Waals surface area contributed by atoms with Crippen molar-refractivity contribution in [2.24, 2.45) is 0 Å². The summed E-state index contributed by atoms with van der Waals surface area (Å²) in [7, 11) is 0. The summed E-state index contributed by atoms with van der Waals surface area (Å²) in [5.74, 6) is -1.18. The number of halogens is 3. The molecule has 1 aliphatic rings. The quantitative estimate of drug-likeness (QED) is 0.903. The van der Waals surface area contributed by atoms with Gasteiger partial charge in [-0.2, -0.15) is 0 Å². The first-order chi connectivity index (χ1) is 7.58. The Balaban J connectivity index is 2.21. The van der Waals surface area contributed by atoms with Crippen LogP contribution in [-0.2, 0) is 4.74 Å². The van der Waals surface area contributed by atoms with E-state index in [-0.39, 0.29) is 17.8 Å². The largest absolute Gasteiger partial charge is 0.376 e. The second-order valence-corrected chi connectivity index (χ2v) is 4.78. The van der Waals surface area contributed by atoms with Gasteiger partial charge in [0.1, 0.15) is 17.3 Å². The molecular weight excluding hydrogens is 280 g/mol. The maximum Gasteiger partial charge on any atom is 0.150 e. The smallest absolute Gasteiger partial charge is 0.150 e. The van der Waals surface area contributed by atoms with Gasteiger partial charge in [0.15, 0.2) is 0 Å². The lowest BCUT2D eigenvalue weighted by Crippen LogP contribution is -2.27. The third-order valence-corrected chi connectivity index (χ3v) is 3.17. The van der Waals surface area contributed by atoms with Gasteiger partial charge in [0, 0.05) is 11.1 Å². The Morgan fingerprint density at radius 1 is 1.38 bits per heavy atom. The lowest BCUT2D eigenvalue weighted by Gasteiger charge is -2.18. The van der Waals surface area contributed by atoms with Crippen molar-refractivity contribution in [1.82, 2.24) is 0 Å². The Bertz CT molecular complexity index is 377. The van der Waals surface area contributed by atoms with E-state index in [1.54, 1.807) is 0 Å². The number of hydrogen-bond acceptors (Lipinski definition) is 2. The number of ether oxygens (including phenoxy) is 1. The molecule has 2 unspecified atom stereocenters. The molecule has 1 aromatic rings. The molecule has 1 aliphatic heterocycles. The minimum Gasteiger partial charge on any atom is -0.376 e. The molecule has 0 amide bonds. The van der Waals surface area contributed by atoms with E-state index in [1.165, 1.54) is 12.1 Å². The molecule has 88 valence electrons. The van der Waals surface area contributed by atoms with Crippen molar-refractivity contribution < 1.29 is 13.5 Å². The molecule has 5 heteroatoms. The first-order valence-electron chi connectivity index (χ1n) is 5.10. The molecule has 0 radical (unpaired) electrons. The van der Waals surface area contributed by atoms with Crippen LogP contribution in [0.3, 0.4) is 0 Å². The molecule has 1 aromatic carbocycles. The van der Waals surface area contributed by atoms with Crippen molar-refractivity contribution in [3.63, 3.8) is 0 Å². The van der Waals surface area contributed by atoms with Crippen LogP contribution < -0.4 is 5.32 Å². The fourth-order valence-electron chi connectivity index (χ4n) is 1.79. The van der Waals surface area contributed by atoms with Crippen LogP contribution in [0.2, 0.25) is 0 Å². The Labute approximate surface area is 101 Å². The van der Waals surface area contributed by atoms with Crippen molar-refractivity contribution in [1.29, 1.82) is 0 Å². The summed E-state index contributed by atoms with van der Waals surface area (Å²) in [6.45, 7) is 2.51. The molecule has 1 saturated heterocycles. The summed E-state index contributed by atoms with van der Waals surface area (Å²) in [5.41, 5.74) is -0.0782. The van der Waals surface area contributed by atoms with Crippen LogP contribution in [0.5, 0.6) is 0 Å². The predicted octanol–water partition coefficient (Wildman–Crippen LogP) is 3.32. The third-order valence-electron chi connectivity index (χ3n) is 2.71. The number of rotatable bonds is 2. The molecule has 0 saturated carbocycles. The Morgan fingerprint density at radius 2 is 2.00 bits per heavy atom. The standard InChI is InChI=1S/C11H12BrF2NO/c1-6-10(2-3-16-6)15-11-8(13)4-7(12)5-9(11)14/h4-6,10,15H,2-3H2,1H3. The highest BCUT2D eigenvalue weighted by atomic mass is 79.9. The minimum atomic E-state index is -0.592. The van der Waals surface area contributed by atoms with Crippen LogP contribution in [0.4, 0.5) is 14.5 Å². The van der Waals surface area contributed by atoms with Gasteiger partial charge in [-0.1, -0.05) is 15.9 Å². The molecule has 1 fully saturated rings. The first-order valence-corrected chi connectivity index (χ1v) is 5.90. The SMILES string of the molecule is CC1OCCC1Nc1c(F)cc(Br)cc1F. The summed E-state index contributed by atoms with van der Waals surface area (Å²) in [6.07, 6.45) is 0.735. The number of hydrogen-bond donors (Lipinski definition) is 1. The summed E-state index contributed by atoms with van der Waals surface area (Å²) in [5, 5.41) is 2.86. The van der Waals surface area contributed by atoms with Crippen LogP contribution in [0.1, 0.15) is 13.3 Å². The van der Waals surface area contributed by atoms with E-state index in [9.17, 15) is 8.78 Å². The highest BCUT2D eigenvalue weighted by Gasteiger charge is 2.25. The van der Waals surface area contributed by atoms with Gasteiger partial charge in [-0.05, 0) is 25.5 Å². The van der Waals surface area contributed by atoms with Gasteiger partial charge in [0.05, 0.1) is 12.1 Å². The van der Waals surface area contributed by atoms with Crippen LogP contribution in [0.25, 0.3) is 0 Å². The monoisotopic (exact) mass is 291 g/mol. The average molecular weight is 292 g/mol. The van der Waals surface area contributed by atoms with E-state index in [4.69, 9.17) is 4.74 Å². The lowest BCUT2D eigenvalue weighted by molar-refractivity contribution is 0.121. The highest BCUT2D eigenvalue weighted by Crippen LogP contribution is 2.26. The summed E-state index contributed by atoms with van der Waals surface area (Å²) >= 11 is 3.04. The summed E-state index contributed by atoms with van der Waals surface area (Å²) < 4.78 is 32.8. The Morgan fingerprint density at radius 3 is 2.50 bits per heavy atom. The zero-order chi connectivity index (χ0) is 11.7. The number of benzene rings is 1. The van der Waals surface area contributed by atoms with Gasteiger partial charge in [0.2, 0.25) is 0 Å². The average Bonchev–Trinajstić information content (AvgIpc) is 2.57. The van der Waals surface area contributed by atoms with Crippen LogP contribution in [0.15, 0.2) is 16.6 Å². The van der Waals surface area contributed by atoms with E-state index in [0.29, 0.717) is 11.1 Å². The fraction of sp³-hybridized carbons (Fsp3) is 0.455. The van der Waals surface area contributed by atoms with Gasteiger partial charge >= 0.3 is 0 Å². The molecule has 2 nitrogen and oxygen atoms in total. The van der Waals surface area contributed by atoms with Crippen molar-refractivity contribution in [3.05, 3.63) is 28.2 Å². The van der Waals surface area contributed by atoms with Crippen molar-refractivity contribution >= 4 is 21.6 Å². The van der Waals surface area contributed by atoms with Gasteiger partial charge in [-0.3, -0.25) is 0 Å². The highest BCUT2D eigenvalue weighted by molar-refractivity contribution is 9.10. The number of anilines is 1. The molecule has 16 heavy (non-hydrogen) atoms. The molecule has 0 spiro atoms. The predicted molar refractivity (Wildman–Crippen MR) is 61.5 cm³/mol. The maximum absolute atomic E-state index is 13.5. The Kier molecular flexibility index (Phi) is 3.44. The molecule has 1 heterocycles. The zero-order valence-electron chi connectivity index (χ0n) is 8.77. The lowest BCUT2D eigenvalue weighted by atomic mass is 10.1. The van der Waals surface area contributed by atoms with E-state index in [2.05, 4.69) is 21.2 Å². The molecule has 1 N–H and O–H groups in total. The van der Waals surface area contributed by atoms with Gasteiger partial charge < -0.3 is 10.1 Å². The van der Waals surface area contributed by atoms with E-state index >= 15 is 0 Å². The van der Waals surface area contributed by atoms with E-state index in [0.717, 1.165) is 6.42 Å². The molecular formula is C11H12BrF2NO. The Hall–Kier alpha value is -0.680. The van der Waals surface area contributed by atoms with Crippen LogP contribution >= 0.6 is 15.9 Å². The summed E-state index contributed by atoms with van der Waals surface area (Å²) in [6, 6.07) is 2.45. The summed E-state index contributed by atoms with van der Waals surface area (Å²) in [4.78, 5) is 0. The van der Waals surface area contributed by atoms with Gasteiger partial charge in [-0.25, -0.2) is 8.78 Å². The fourth-order valence-corrected chi connectivity index (χ4v) is 2.19. The van der Waals surface area contributed by atoms with Crippen molar-refractivity contribution in [2.75, 3.05) is 11.9 Å². The molecule has 0 aromatic heterocycles. The second kappa shape index (κ2) is 4.67. The zero-order valence-corrected chi connectivity index (χ0v) is 10.4. The normalized spacial score (nSPS) is 24.8. The van der Waals surface area contributed by atoms with Gasteiger partial charge in [-0.15, -0.1) is 0 Å². The van der Waals surface area contributed by atoms with Crippen molar-refractivity contribution in [3.8, 4) is 0 Å². The molecule has 2 atom stereocenters. The van der Waals surface area contributed by atoms with E-state index < -0.39 is 11.6 Å². The topological polar surface area (TPSA) is 21.3 Å². The second-order valence-electron chi connectivity index (χ2n) is 3.86. The van der Waals surface area contributed by atoms with E-state index in [1.807, 2.05) is 6.92 Å². The minimum absolute atomic E-state index is 0.0255. The molecule has 2 rings (SSSR count). The van der Waals surface area contributed by atoms with Crippen molar-refractivity contribution in [2.45, 2.75) is 25.5 Å². The number of nitrogens with one attached hydrogen (secondary N) is 1. The van der Waals surface area contributed by atoms with Crippen LogP contribution in [-0.4, -0.2) is 18.8 Å². The third kappa shape index (κ3) is 2.35. The molecule has 0 bridgehead atoms. The first kappa shape index (κ1) is 11.8. The molecule has 0 aliphatic carbocycles. The van der Waals surface area contributed by atoms with Gasteiger partial charge in [0.25, 0.3) is 0 Å². The van der Waals surface area contributed by atoms with Crippen LogP contribution in [0, 0.1) is 11.6 Å².